The highest BCUT2D eigenvalue weighted by molar-refractivity contribution is 6.32. The second-order valence-corrected chi connectivity index (χ2v) is 9.71. The van der Waals surface area contributed by atoms with Crippen LogP contribution in [0, 0.1) is 0 Å². The van der Waals surface area contributed by atoms with Crippen LogP contribution in [0.5, 0.6) is 0 Å². The number of halogens is 5. The molecule has 0 amide bonds. The van der Waals surface area contributed by atoms with Crippen molar-refractivity contribution in [1.82, 2.24) is 4.90 Å². The molecule has 1 atom stereocenters. The van der Waals surface area contributed by atoms with Crippen molar-refractivity contribution in [3.8, 4) is 0 Å². The molecule has 9 heteroatoms. The molecule has 0 aromatic heterocycles. The summed E-state index contributed by atoms with van der Waals surface area (Å²) in [5, 5.41) is 9.28. The van der Waals surface area contributed by atoms with E-state index in [-0.39, 0.29) is 17.5 Å². The molecule has 37 heavy (non-hydrogen) atoms. The van der Waals surface area contributed by atoms with E-state index in [0.717, 1.165) is 17.7 Å². The number of hydrogen-bond acceptors (Lipinski definition) is 3. The number of carboxylic acids is 1. The van der Waals surface area contributed by atoms with Gasteiger partial charge in [-0.25, -0.2) is 4.79 Å². The van der Waals surface area contributed by atoms with Gasteiger partial charge < -0.3 is 9.84 Å². The number of benzene rings is 2. The number of aliphatic carboxylic acids is 1. The lowest BCUT2D eigenvalue weighted by molar-refractivity contribution is -0.137. The highest BCUT2D eigenvalue weighted by atomic mass is 35.5. The quantitative estimate of drug-likeness (QED) is 0.227. The number of allylic oxidation sites excluding steroid dienone is 4. The van der Waals surface area contributed by atoms with Crippen molar-refractivity contribution in [3.05, 3.63) is 105 Å². The summed E-state index contributed by atoms with van der Waals surface area (Å²) < 4.78 is 46.0. The van der Waals surface area contributed by atoms with E-state index in [1.54, 1.807) is 30.4 Å². The Kier molecular flexibility index (Phi) is 10.3. The predicted octanol–water partition coefficient (Wildman–Crippen LogP) is 7.88. The summed E-state index contributed by atoms with van der Waals surface area (Å²) in [6.45, 7) is 3.78. The fourth-order valence-corrected chi connectivity index (χ4v) is 4.64. The van der Waals surface area contributed by atoms with Gasteiger partial charge in [-0.05, 0) is 53.3 Å². The molecule has 0 heterocycles. The highest BCUT2D eigenvalue weighted by Gasteiger charge is 2.34. The standard InChI is InChI=1S/C28H28Cl2F3NO3/c1-19(21-7-3-9-23(29)16-21)17-34(18-22-8-4-11-25(27(22)30)28(31,32)33)12-5-13-37-24-10-2-6-20(14-24)15-26(35)36/h2-4,6-11,15-16,19H,5,12-14,17-18H2,1H3,(H,35,36)/b20-15+. The van der Waals surface area contributed by atoms with E-state index in [1.807, 2.05) is 25.1 Å². The van der Waals surface area contributed by atoms with Crippen LogP contribution in [-0.2, 0) is 22.3 Å². The molecule has 1 N–H and O–H groups in total. The van der Waals surface area contributed by atoms with E-state index in [0.29, 0.717) is 54.5 Å². The molecule has 0 spiro atoms. The van der Waals surface area contributed by atoms with E-state index < -0.39 is 17.7 Å². The molecule has 2 aromatic carbocycles. The van der Waals surface area contributed by atoms with Gasteiger partial charge in [0.15, 0.2) is 0 Å². The maximum Gasteiger partial charge on any atom is 0.417 e. The average molecular weight is 554 g/mol. The second-order valence-electron chi connectivity index (χ2n) is 8.90. The van der Waals surface area contributed by atoms with Gasteiger partial charge in [0.25, 0.3) is 0 Å². The van der Waals surface area contributed by atoms with Crippen LogP contribution in [0.3, 0.4) is 0 Å². The molecule has 1 unspecified atom stereocenters. The van der Waals surface area contributed by atoms with E-state index in [4.69, 9.17) is 33.0 Å². The summed E-state index contributed by atoms with van der Waals surface area (Å²) in [5.41, 5.74) is 1.22. The van der Waals surface area contributed by atoms with Crippen LogP contribution in [0.15, 0.2) is 78.1 Å². The molecular weight excluding hydrogens is 526 g/mol. The molecule has 1 aliphatic rings. The van der Waals surface area contributed by atoms with Crippen molar-refractivity contribution in [2.45, 2.75) is 38.4 Å². The minimum atomic E-state index is -4.53. The monoisotopic (exact) mass is 553 g/mol. The first-order valence-corrected chi connectivity index (χ1v) is 12.5. The van der Waals surface area contributed by atoms with E-state index in [1.165, 1.54) is 6.07 Å². The normalized spacial score (nSPS) is 15.6. The number of nitrogens with zero attached hydrogens (tertiary/aromatic N) is 1. The first kappa shape index (κ1) is 28.8. The Bertz CT molecular complexity index is 1190. The van der Waals surface area contributed by atoms with Gasteiger partial charge in [0.2, 0.25) is 0 Å². The number of ether oxygens (including phenoxy) is 1. The molecule has 1 aliphatic carbocycles. The van der Waals surface area contributed by atoms with Gasteiger partial charge in [-0.15, -0.1) is 0 Å². The zero-order valence-corrected chi connectivity index (χ0v) is 21.8. The van der Waals surface area contributed by atoms with Crippen LogP contribution in [0.1, 0.15) is 42.4 Å². The lowest BCUT2D eigenvalue weighted by atomic mass is 10.00. The number of carboxylic acid groups (broad SMARTS) is 1. The van der Waals surface area contributed by atoms with Crippen molar-refractivity contribution < 1.29 is 27.8 Å². The van der Waals surface area contributed by atoms with Gasteiger partial charge in [-0.2, -0.15) is 13.2 Å². The molecule has 0 saturated heterocycles. The molecular formula is C28H28Cl2F3NO3. The van der Waals surface area contributed by atoms with Crippen molar-refractivity contribution in [1.29, 1.82) is 0 Å². The summed E-state index contributed by atoms with van der Waals surface area (Å²) in [5.74, 6) is -0.285. The summed E-state index contributed by atoms with van der Waals surface area (Å²) in [6.07, 6.45) is 2.86. The summed E-state index contributed by atoms with van der Waals surface area (Å²) in [4.78, 5) is 13.0. The lowest BCUT2D eigenvalue weighted by Crippen LogP contribution is -2.29. The number of rotatable bonds is 11. The van der Waals surface area contributed by atoms with Gasteiger partial charge in [-0.3, -0.25) is 4.90 Å². The number of hydrogen-bond donors (Lipinski definition) is 1. The zero-order chi connectivity index (χ0) is 27.0. The van der Waals surface area contributed by atoms with Crippen molar-refractivity contribution in [3.63, 3.8) is 0 Å². The average Bonchev–Trinajstić information content (AvgIpc) is 2.82. The SMILES string of the molecule is CC(CN(CCCOC1=CC=C/C(=C\C(=O)O)C1)Cc1cccc(C(F)(F)F)c1Cl)c1cccc(Cl)c1. The van der Waals surface area contributed by atoms with Crippen molar-refractivity contribution in [2.75, 3.05) is 19.7 Å². The largest absolute Gasteiger partial charge is 0.498 e. The second kappa shape index (κ2) is 13.2. The van der Waals surface area contributed by atoms with Crippen molar-refractivity contribution in [2.24, 2.45) is 0 Å². The summed E-state index contributed by atoms with van der Waals surface area (Å²) >= 11 is 12.3. The number of carbonyl (C=O) groups is 1. The molecule has 2 aromatic rings. The summed E-state index contributed by atoms with van der Waals surface area (Å²) in [7, 11) is 0. The van der Waals surface area contributed by atoms with E-state index in [9.17, 15) is 18.0 Å². The third kappa shape index (κ3) is 8.95. The third-order valence-electron chi connectivity index (χ3n) is 5.91. The first-order valence-electron chi connectivity index (χ1n) is 11.8. The summed E-state index contributed by atoms with van der Waals surface area (Å²) in [6, 6.07) is 11.5. The topological polar surface area (TPSA) is 49.8 Å². The molecule has 3 rings (SSSR count). The fourth-order valence-electron chi connectivity index (χ4n) is 4.15. The molecule has 4 nitrogen and oxygen atoms in total. The third-order valence-corrected chi connectivity index (χ3v) is 6.60. The maximum absolute atomic E-state index is 13.4. The smallest absolute Gasteiger partial charge is 0.417 e. The van der Waals surface area contributed by atoms with Gasteiger partial charge in [-0.1, -0.05) is 66.5 Å². The minimum absolute atomic E-state index is 0.0686. The maximum atomic E-state index is 13.4. The lowest BCUT2D eigenvalue weighted by Gasteiger charge is -2.27. The first-order chi connectivity index (χ1) is 17.5. The zero-order valence-electron chi connectivity index (χ0n) is 20.3. The van der Waals surface area contributed by atoms with Crippen LogP contribution in [0.4, 0.5) is 13.2 Å². The molecule has 0 radical (unpaired) electrons. The van der Waals surface area contributed by atoms with Crippen LogP contribution in [-0.4, -0.2) is 35.7 Å². The van der Waals surface area contributed by atoms with Crippen LogP contribution < -0.4 is 0 Å². The highest BCUT2D eigenvalue weighted by Crippen LogP contribution is 2.36. The molecule has 0 fully saturated rings. The Morgan fingerprint density at radius 1 is 1.22 bits per heavy atom. The molecule has 0 aliphatic heterocycles. The van der Waals surface area contributed by atoms with Gasteiger partial charge in [0.1, 0.15) is 5.76 Å². The van der Waals surface area contributed by atoms with Crippen molar-refractivity contribution >= 4 is 29.2 Å². The van der Waals surface area contributed by atoms with Gasteiger partial charge in [0.05, 0.1) is 17.2 Å². The van der Waals surface area contributed by atoms with Gasteiger partial charge in [0, 0.05) is 37.2 Å². The Morgan fingerprint density at radius 2 is 1.97 bits per heavy atom. The fraction of sp³-hybridized carbons (Fsp3) is 0.321. The molecule has 0 bridgehead atoms. The minimum Gasteiger partial charge on any atom is -0.498 e. The van der Waals surface area contributed by atoms with Crippen LogP contribution in [0.2, 0.25) is 10.0 Å². The number of alkyl halides is 3. The Hall–Kier alpha value is -2.74. The van der Waals surface area contributed by atoms with Gasteiger partial charge >= 0.3 is 12.1 Å². The Balaban J connectivity index is 1.68. The van der Waals surface area contributed by atoms with Crippen LogP contribution in [0.25, 0.3) is 0 Å². The Labute approximate surface area is 224 Å². The predicted molar refractivity (Wildman–Crippen MR) is 140 cm³/mol. The molecule has 0 saturated carbocycles. The van der Waals surface area contributed by atoms with E-state index in [2.05, 4.69) is 4.90 Å². The Morgan fingerprint density at radius 3 is 2.68 bits per heavy atom. The van der Waals surface area contributed by atoms with Crippen LogP contribution >= 0.6 is 23.2 Å². The van der Waals surface area contributed by atoms with E-state index >= 15 is 0 Å². The molecule has 198 valence electrons.